The number of aromatic hydroxyl groups is 1. The summed E-state index contributed by atoms with van der Waals surface area (Å²) in [6, 6.07) is 9.29. The summed E-state index contributed by atoms with van der Waals surface area (Å²) in [5.41, 5.74) is 0.420. The lowest BCUT2D eigenvalue weighted by molar-refractivity contribution is -0.591. The largest absolute Gasteiger partial charge is 0.617 e. The summed E-state index contributed by atoms with van der Waals surface area (Å²) < 4.78 is 6.11. The highest BCUT2D eigenvalue weighted by molar-refractivity contribution is 5.82. The van der Waals surface area contributed by atoms with Gasteiger partial charge < -0.3 is 20.3 Å². The molecule has 0 bridgehead atoms. The van der Waals surface area contributed by atoms with Crippen LogP contribution in [0.4, 0.5) is 0 Å². The maximum atomic E-state index is 12.3. The Hall–Kier alpha value is -2.76. The molecule has 2 aromatic carbocycles. The summed E-state index contributed by atoms with van der Waals surface area (Å²) >= 11 is 0. The van der Waals surface area contributed by atoms with Crippen LogP contribution in [0.25, 0.3) is 22.1 Å². The van der Waals surface area contributed by atoms with Crippen molar-refractivity contribution >= 4 is 22.1 Å². The van der Waals surface area contributed by atoms with E-state index in [0.29, 0.717) is 9.46 Å². The number of nitrogens with zero attached hydrogens (tertiary/aromatic N) is 2. The molecule has 0 saturated heterocycles. The van der Waals surface area contributed by atoms with Gasteiger partial charge in [-0.15, -0.1) is 0 Å². The molecule has 0 aliphatic heterocycles. The van der Waals surface area contributed by atoms with Crippen LogP contribution in [-0.2, 0) is 0 Å². The number of ether oxygens (including phenoxy) is 1. The number of fused-ring (bicyclic) bond motifs is 2. The van der Waals surface area contributed by atoms with Gasteiger partial charge >= 0.3 is 5.52 Å². The molecule has 3 aromatic rings. The Balaban J connectivity index is 2.60. The highest BCUT2D eigenvalue weighted by atomic mass is 16.5. The second-order valence-electron chi connectivity index (χ2n) is 4.06. The highest BCUT2D eigenvalue weighted by Gasteiger charge is 2.26. The lowest BCUT2D eigenvalue weighted by atomic mass is 10.2. The topological polar surface area (TPSA) is 83.3 Å². The first-order valence-electron chi connectivity index (χ1n) is 5.58. The fraction of sp³-hybridized carbons (Fsp3) is 0.0769. The number of hydrogen-bond acceptors (Lipinski definition) is 4. The van der Waals surface area contributed by atoms with Gasteiger partial charge in [0.05, 0.1) is 7.11 Å². The normalized spacial score (nSPS) is 11.0. The molecule has 0 unspecified atom stereocenters. The van der Waals surface area contributed by atoms with Crippen LogP contribution in [0.3, 0.4) is 0 Å². The molecule has 1 heterocycles. The van der Waals surface area contributed by atoms with Gasteiger partial charge in [0.25, 0.3) is 16.6 Å². The third kappa shape index (κ3) is 1.43. The molecular formula is C13H10N2O4. The van der Waals surface area contributed by atoms with E-state index in [1.54, 1.807) is 18.2 Å². The molecule has 6 nitrogen and oxygen atoms in total. The molecule has 1 N–H and O–H groups in total. The number of aromatic nitrogens is 2. The van der Waals surface area contributed by atoms with Crippen molar-refractivity contribution in [3.05, 3.63) is 46.8 Å². The van der Waals surface area contributed by atoms with Crippen LogP contribution in [0.5, 0.6) is 11.5 Å². The molecule has 0 fully saturated rings. The van der Waals surface area contributed by atoms with Crippen molar-refractivity contribution in [3.8, 4) is 11.5 Å². The molecule has 0 spiro atoms. The Morgan fingerprint density at radius 1 is 0.947 bits per heavy atom. The van der Waals surface area contributed by atoms with E-state index in [0.717, 1.165) is 0 Å². The second-order valence-corrected chi connectivity index (χ2v) is 4.06. The van der Waals surface area contributed by atoms with Crippen LogP contribution < -0.4 is 14.2 Å². The predicted octanol–water partition coefficient (Wildman–Crippen LogP) is 0.974. The van der Waals surface area contributed by atoms with Crippen LogP contribution in [0.15, 0.2) is 36.4 Å². The summed E-state index contributed by atoms with van der Waals surface area (Å²) in [5.74, 6) is -0.197. The molecule has 0 amide bonds. The molecule has 1 aromatic heterocycles. The van der Waals surface area contributed by atoms with Gasteiger partial charge in [0.2, 0.25) is 5.75 Å². The third-order valence-electron chi connectivity index (χ3n) is 3.05. The maximum Gasteiger partial charge on any atom is 0.336 e. The number of hydrogen-bond donors (Lipinski definition) is 1. The van der Waals surface area contributed by atoms with E-state index in [2.05, 4.69) is 0 Å². The van der Waals surface area contributed by atoms with E-state index < -0.39 is 0 Å². The molecular weight excluding hydrogens is 248 g/mol. The van der Waals surface area contributed by atoms with E-state index in [1.807, 2.05) is 0 Å². The molecule has 0 aliphatic rings. The highest BCUT2D eigenvalue weighted by Crippen LogP contribution is 2.31. The van der Waals surface area contributed by atoms with Crippen molar-refractivity contribution in [1.29, 1.82) is 0 Å². The number of methoxy groups -OCH3 is 1. The van der Waals surface area contributed by atoms with Crippen molar-refractivity contribution in [2.24, 2.45) is 0 Å². The molecule has 0 saturated carbocycles. The van der Waals surface area contributed by atoms with E-state index >= 15 is 0 Å². The molecule has 0 radical (unpaired) electrons. The Bertz CT molecular complexity index is 802. The minimum atomic E-state index is -0.342. The monoisotopic (exact) mass is 258 g/mol. The third-order valence-corrected chi connectivity index (χ3v) is 3.05. The van der Waals surface area contributed by atoms with Gasteiger partial charge in [-0.3, -0.25) is 0 Å². The van der Waals surface area contributed by atoms with E-state index in [4.69, 9.17) is 4.74 Å². The van der Waals surface area contributed by atoms with Gasteiger partial charge in [-0.1, -0.05) is 12.1 Å². The molecule has 0 atom stereocenters. The van der Waals surface area contributed by atoms with Crippen LogP contribution >= 0.6 is 0 Å². The van der Waals surface area contributed by atoms with E-state index in [-0.39, 0.29) is 33.6 Å². The van der Waals surface area contributed by atoms with E-state index in [1.165, 1.54) is 25.3 Å². The summed E-state index contributed by atoms with van der Waals surface area (Å²) in [7, 11) is 1.38. The van der Waals surface area contributed by atoms with Gasteiger partial charge in [0, 0.05) is 18.2 Å². The smallest absolute Gasteiger partial charge is 0.336 e. The predicted molar refractivity (Wildman–Crippen MR) is 67.6 cm³/mol. The van der Waals surface area contributed by atoms with Crippen molar-refractivity contribution in [3.63, 3.8) is 0 Å². The number of phenols is 1. The molecule has 6 heteroatoms. The molecule has 3 rings (SSSR count). The average molecular weight is 258 g/mol. The van der Waals surface area contributed by atoms with Gasteiger partial charge in [-0.25, -0.2) is 0 Å². The van der Waals surface area contributed by atoms with Crippen LogP contribution in [0.2, 0.25) is 0 Å². The zero-order valence-electron chi connectivity index (χ0n) is 10.0. The Morgan fingerprint density at radius 3 is 2.21 bits per heavy atom. The lowest BCUT2D eigenvalue weighted by Crippen LogP contribution is -2.39. The van der Waals surface area contributed by atoms with Crippen molar-refractivity contribution < 1.29 is 19.3 Å². The zero-order valence-corrected chi connectivity index (χ0v) is 10.0. The first-order chi connectivity index (χ1) is 9.15. The number of benzene rings is 2. The molecule has 0 aliphatic carbocycles. The minimum Gasteiger partial charge on any atom is -0.617 e. The average Bonchev–Trinajstić information content (AvgIpc) is 2.44. The first-order valence-corrected chi connectivity index (χ1v) is 5.58. The fourth-order valence-electron chi connectivity index (χ4n) is 2.14. The fourth-order valence-corrected chi connectivity index (χ4v) is 2.14. The quantitative estimate of drug-likeness (QED) is 0.400. The minimum absolute atomic E-state index is 0.0898. The van der Waals surface area contributed by atoms with Crippen molar-refractivity contribution in [2.45, 2.75) is 0 Å². The number of phenolic OH excluding ortho intramolecular Hbond substituents is 1. The van der Waals surface area contributed by atoms with Crippen molar-refractivity contribution in [1.82, 2.24) is 0 Å². The molecule has 19 heavy (non-hydrogen) atoms. The van der Waals surface area contributed by atoms with Crippen molar-refractivity contribution in [2.75, 3.05) is 7.11 Å². The van der Waals surface area contributed by atoms with Gasteiger partial charge in [-0.2, -0.15) is 9.46 Å². The zero-order chi connectivity index (χ0) is 13.6. The summed E-state index contributed by atoms with van der Waals surface area (Å²) in [6.45, 7) is 0. The Labute approximate surface area is 107 Å². The number of para-hydroxylation sites is 2. The van der Waals surface area contributed by atoms with Gasteiger partial charge in [0.1, 0.15) is 0 Å². The summed E-state index contributed by atoms with van der Waals surface area (Å²) in [5, 5.41) is 34.5. The van der Waals surface area contributed by atoms with Gasteiger partial charge in [0.15, 0.2) is 5.75 Å². The molecule has 96 valence electrons. The summed E-state index contributed by atoms with van der Waals surface area (Å²) in [6.07, 6.45) is 0. The lowest BCUT2D eigenvalue weighted by Gasteiger charge is -2.09. The standard InChI is InChI=1S/C13H10N2O4/c1-19-11-7-6-10-12(13(11)16)15(18)9-5-3-2-4-8(9)14(10)17/h2-7,16H,1H3. The summed E-state index contributed by atoms with van der Waals surface area (Å²) in [4.78, 5) is 0. The first kappa shape index (κ1) is 11.3. The Kier molecular flexibility index (Phi) is 2.31. The van der Waals surface area contributed by atoms with Gasteiger partial charge in [-0.05, 0) is 6.07 Å². The maximum absolute atomic E-state index is 12.3. The van der Waals surface area contributed by atoms with Crippen LogP contribution in [0.1, 0.15) is 0 Å². The SMILES string of the molecule is COc1ccc2c(c1O)[n+]([O-])c1ccccc1[n+]2[O-]. The second kappa shape index (κ2) is 3.88. The van der Waals surface area contributed by atoms with E-state index in [9.17, 15) is 15.5 Å². The Morgan fingerprint density at radius 2 is 1.58 bits per heavy atom. The van der Waals surface area contributed by atoms with Crippen LogP contribution in [-0.4, -0.2) is 12.2 Å². The van der Waals surface area contributed by atoms with Crippen LogP contribution in [0, 0.1) is 10.4 Å². The number of rotatable bonds is 1.